The van der Waals surface area contributed by atoms with Gasteiger partial charge in [-0.1, -0.05) is 31.4 Å². The maximum absolute atomic E-state index is 13.3. The van der Waals surface area contributed by atoms with Gasteiger partial charge in [0.15, 0.2) is 6.61 Å². The molecule has 1 saturated carbocycles. The van der Waals surface area contributed by atoms with Crippen molar-refractivity contribution in [1.29, 1.82) is 0 Å². The lowest BCUT2D eigenvalue weighted by Crippen LogP contribution is -2.38. The van der Waals surface area contributed by atoms with Crippen LogP contribution < -0.4 is 10.0 Å². The van der Waals surface area contributed by atoms with E-state index in [2.05, 4.69) is 10.0 Å². The van der Waals surface area contributed by atoms with Gasteiger partial charge in [0.2, 0.25) is 0 Å². The van der Waals surface area contributed by atoms with Crippen LogP contribution >= 0.6 is 0 Å². The van der Waals surface area contributed by atoms with E-state index in [0.717, 1.165) is 50.3 Å². The maximum Gasteiger partial charge on any atom is 0.340 e. The minimum atomic E-state index is -4.07. The molecule has 2 N–H and O–H groups in total. The van der Waals surface area contributed by atoms with E-state index in [1.54, 1.807) is 12.1 Å². The molecule has 2 aromatic rings. The summed E-state index contributed by atoms with van der Waals surface area (Å²) in [6.45, 7) is 1.02. The summed E-state index contributed by atoms with van der Waals surface area (Å²) in [4.78, 5) is 24.5. The Hall–Kier alpha value is -2.94. The Bertz CT molecular complexity index is 1070. The summed E-state index contributed by atoms with van der Waals surface area (Å²) in [5.41, 5.74) is 0.201. The van der Waals surface area contributed by atoms with Gasteiger partial charge in [-0.3, -0.25) is 9.52 Å². The SMILES string of the molecule is Cc1cc(F)ccc1S(=O)(=O)Nc1ccccc1C(=O)OCC(=O)NC1CCCCC1. The van der Waals surface area contributed by atoms with Crippen molar-refractivity contribution < 1.29 is 27.1 Å². The molecule has 1 amide bonds. The zero-order valence-corrected chi connectivity index (χ0v) is 18.0. The standard InChI is InChI=1S/C22H25FN2O5S/c1-15-13-16(23)11-12-20(15)31(28,29)25-19-10-6-5-9-18(19)22(27)30-14-21(26)24-17-7-3-2-4-8-17/h5-6,9-13,17,25H,2-4,7-8,14H2,1H3,(H,24,26). The van der Waals surface area contributed by atoms with Crippen LogP contribution in [0.3, 0.4) is 0 Å². The lowest BCUT2D eigenvalue weighted by molar-refractivity contribution is -0.125. The van der Waals surface area contributed by atoms with Crippen LogP contribution in [-0.4, -0.2) is 32.9 Å². The number of carbonyl (C=O) groups is 2. The van der Waals surface area contributed by atoms with Gasteiger partial charge in [0, 0.05) is 6.04 Å². The third kappa shape index (κ3) is 6.04. The number of ether oxygens (including phenoxy) is 1. The van der Waals surface area contributed by atoms with Gasteiger partial charge >= 0.3 is 5.97 Å². The van der Waals surface area contributed by atoms with Crippen molar-refractivity contribution in [2.45, 2.75) is 50.0 Å². The minimum absolute atomic E-state index is 0.00362. The van der Waals surface area contributed by atoms with Crippen LogP contribution in [0.25, 0.3) is 0 Å². The number of carbonyl (C=O) groups excluding carboxylic acids is 2. The molecule has 1 fully saturated rings. The number of esters is 1. The summed E-state index contributed by atoms with van der Waals surface area (Å²) >= 11 is 0. The summed E-state index contributed by atoms with van der Waals surface area (Å²) in [7, 11) is -4.07. The molecular formula is C22H25FN2O5S. The highest BCUT2D eigenvalue weighted by Gasteiger charge is 2.22. The van der Waals surface area contributed by atoms with E-state index in [1.807, 2.05) is 0 Å². The van der Waals surface area contributed by atoms with Crippen LogP contribution in [-0.2, 0) is 19.6 Å². The summed E-state index contributed by atoms with van der Waals surface area (Å²) in [6.07, 6.45) is 5.10. The van der Waals surface area contributed by atoms with Gasteiger partial charge < -0.3 is 10.1 Å². The van der Waals surface area contributed by atoms with Gasteiger partial charge in [0.1, 0.15) is 5.82 Å². The second kappa shape index (κ2) is 9.91. The number of rotatable bonds is 7. The molecule has 0 saturated heterocycles. The number of halogens is 1. The zero-order valence-electron chi connectivity index (χ0n) is 17.2. The average Bonchev–Trinajstić information content (AvgIpc) is 2.72. The fourth-order valence-corrected chi connectivity index (χ4v) is 4.90. The normalized spacial score (nSPS) is 14.6. The average molecular weight is 449 g/mol. The summed E-state index contributed by atoms with van der Waals surface area (Å²) in [5, 5.41) is 2.85. The molecule has 0 aromatic heterocycles. The number of amides is 1. The molecule has 0 radical (unpaired) electrons. The molecular weight excluding hydrogens is 423 g/mol. The van der Waals surface area contributed by atoms with Gasteiger partial charge in [0.25, 0.3) is 15.9 Å². The van der Waals surface area contributed by atoms with Crippen LogP contribution in [0.15, 0.2) is 47.4 Å². The molecule has 0 unspecified atom stereocenters. The fraction of sp³-hybridized carbons (Fsp3) is 0.364. The predicted octanol–water partition coefficient (Wildman–Crippen LogP) is 3.54. The Morgan fingerprint density at radius 3 is 2.52 bits per heavy atom. The van der Waals surface area contributed by atoms with E-state index < -0.39 is 28.4 Å². The Labute approximate surface area is 181 Å². The van der Waals surface area contributed by atoms with Crippen molar-refractivity contribution in [2.24, 2.45) is 0 Å². The smallest absolute Gasteiger partial charge is 0.340 e. The first kappa shape index (κ1) is 22.7. The second-order valence-corrected chi connectivity index (χ2v) is 9.19. The van der Waals surface area contributed by atoms with Crippen LogP contribution in [0, 0.1) is 12.7 Å². The molecule has 0 heterocycles. The fourth-order valence-electron chi connectivity index (χ4n) is 3.59. The maximum atomic E-state index is 13.3. The highest BCUT2D eigenvalue weighted by molar-refractivity contribution is 7.92. The van der Waals surface area contributed by atoms with Crippen LogP contribution in [0.1, 0.15) is 48.0 Å². The molecule has 9 heteroatoms. The second-order valence-electron chi connectivity index (χ2n) is 7.54. The number of nitrogens with one attached hydrogen (secondary N) is 2. The van der Waals surface area contributed by atoms with E-state index in [9.17, 15) is 22.4 Å². The first-order chi connectivity index (χ1) is 14.8. The van der Waals surface area contributed by atoms with Crippen molar-refractivity contribution in [3.8, 4) is 0 Å². The quantitative estimate of drug-likeness (QED) is 0.631. The van der Waals surface area contributed by atoms with E-state index in [0.29, 0.717) is 0 Å². The van der Waals surface area contributed by atoms with Gasteiger partial charge in [-0.05, 0) is 55.7 Å². The van der Waals surface area contributed by atoms with Gasteiger partial charge in [-0.25, -0.2) is 17.6 Å². The van der Waals surface area contributed by atoms with E-state index in [-0.39, 0.29) is 33.7 Å². The van der Waals surface area contributed by atoms with Crippen LogP contribution in [0.4, 0.5) is 10.1 Å². The Morgan fingerprint density at radius 1 is 1.10 bits per heavy atom. The lowest BCUT2D eigenvalue weighted by Gasteiger charge is -2.22. The monoisotopic (exact) mass is 448 g/mol. The summed E-state index contributed by atoms with van der Waals surface area (Å²) < 4.78 is 46.3. The minimum Gasteiger partial charge on any atom is -0.452 e. The Morgan fingerprint density at radius 2 is 1.81 bits per heavy atom. The van der Waals surface area contributed by atoms with E-state index in [1.165, 1.54) is 19.1 Å². The van der Waals surface area contributed by atoms with E-state index in [4.69, 9.17) is 4.74 Å². The summed E-state index contributed by atoms with van der Waals surface area (Å²) in [6, 6.07) is 9.33. The highest BCUT2D eigenvalue weighted by Crippen LogP contribution is 2.23. The van der Waals surface area contributed by atoms with E-state index >= 15 is 0 Å². The zero-order chi connectivity index (χ0) is 22.4. The number of para-hydroxylation sites is 1. The molecule has 166 valence electrons. The molecule has 31 heavy (non-hydrogen) atoms. The van der Waals surface area contributed by atoms with Crippen molar-refractivity contribution >= 4 is 27.6 Å². The number of hydrogen-bond donors (Lipinski definition) is 2. The molecule has 1 aliphatic carbocycles. The molecule has 0 spiro atoms. The van der Waals surface area contributed by atoms with Crippen LogP contribution in [0.5, 0.6) is 0 Å². The van der Waals surface area contributed by atoms with Crippen molar-refractivity contribution in [3.63, 3.8) is 0 Å². The van der Waals surface area contributed by atoms with Gasteiger partial charge in [-0.15, -0.1) is 0 Å². The molecule has 0 atom stereocenters. The molecule has 2 aromatic carbocycles. The topological polar surface area (TPSA) is 102 Å². The number of sulfonamides is 1. The Kier molecular flexibility index (Phi) is 7.27. The van der Waals surface area contributed by atoms with Gasteiger partial charge in [-0.2, -0.15) is 0 Å². The first-order valence-corrected chi connectivity index (χ1v) is 11.6. The third-order valence-corrected chi connectivity index (χ3v) is 6.65. The molecule has 1 aliphatic rings. The number of hydrogen-bond acceptors (Lipinski definition) is 5. The molecule has 7 nitrogen and oxygen atoms in total. The number of benzene rings is 2. The van der Waals surface area contributed by atoms with Crippen molar-refractivity contribution in [3.05, 3.63) is 59.4 Å². The number of aryl methyl sites for hydroxylation is 1. The molecule has 0 bridgehead atoms. The first-order valence-electron chi connectivity index (χ1n) is 10.1. The highest BCUT2D eigenvalue weighted by atomic mass is 32.2. The van der Waals surface area contributed by atoms with Crippen LogP contribution in [0.2, 0.25) is 0 Å². The Balaban J connectivity index is 1.68. The predicted molar refractivity (Wildman–Crippen MR) is 114 cm³/mol. The van der Waals surface area contributed by atoms with Crippen molar-refractivity contribution in [2.75, 3.05) is 11.3 Å². The molecule has 3 rings (SSSR count). The third-order valence-electron chi connectivity index (χ3n) is 5.12. The molecule has 0 aliphatic heterocycles. The lowest BCUT2D eigenvalue weighted by atomic mass is 9.95. The van der Waals surface area contributed by atoms with Gasteiger partial charge in [0.05, 0.1) is 16.1 Å². The summed E-state index contributed by atoms with van der Waals surface area (Å²) in [5.74, 6) is -1.76. The van der Waals surface area contributed by atoms with Crippen molar-refractivity contribution in [1.82, 2.24) is 5.32 Å². The number of anilines is 1. The largest absolute Gasteiger partial charge is 0.452 e.